The number of carbonyl (C=O) groups is 1. The van der Waals surface area contributed by atoms with E-state index in [-0.39, 0.29) is 35.0 Å². The molecule has 4 bridgehead atoms. The molecule has 0 radical (unpaired) electrons. The van der Waals surface area contributed by atoms with E-state index in [0.29, 0.717) is 32.4 Å². The van der Waals surface area contributed by atoms with Gasteiger partial charge in [0.25, 0.3) is 5.89 Å². The van der Waals surface area contributed by atoms with E-state index < -0.39 is 29.5 Å². The molecule has 3 aromatic rings. The molecule has 1 fully saturated rings. The highest BCUT2D eigenvalue weighted by Crippen LogP contribution is 2.43. The van der Waals surface area contributed by atoms with Crippen molar-refractivity contribution in [3.05, 3.63) is 65.6 Å². The lowest BCUT2D eigenvalue weighted by molar-refractivity contribution is -0.137. The molecule has 2 atom stereocenters. The number of allylic oxidation sites excluding steroid dienone is 1. The van der Waals surface area contributed by atoms with Crippen molar-refractivity contribution in [2.45, 2.75) is 83.4 Å². The second-order valence-electron chi connectivity index (χ2n) is 11.4. The number of nitrogens with one attached hydrogen (secondary N) is 1. The third-order valence-electron chi connectivity index (χ3n) is 6.98. The average molecular weight is 586 g/mol. The van der Waals surface area contributed by atoms with Crippen molar-refractivity contribution in [1.82, 2.24) is 15.2 Å². The zero-order valence-electron chi connectivity index (χ0n) is 23.8. The fourth-order valence-electron chi connectivity index (χ4n) is 5.09. The third-order valence-corrected chi connectivity index (χ3v) is 6.98. The number of hydrogen-bond donors (Lipinski definition) is 1. The summed E-state index contributed by atoms with van der Waals surface area (Å²) in [4.78, 5) is 18.8. The normalized spacial score (nSPS) is 19.2. The van der Waals surface area contributed by atoms with Gasteiger partial charge in [-0.2, -0.15) is 13.2 Å². The molecule has 1 saturated heterocycles. The minimum absolute atomic E-state index is 0.0809. The lowest BCUT2D eigenvalue weighted by Crippen LogP contribution is -2.32. The lowest BCUT2D eigenvalue weighted by Gasteiger charge is -2.29. The molecule has 2 aromatic heterocycles. The smallest absolute Gasteiger partial charge is 0.420 e. The van der Waals surface area contributed by atoms with Crippen LogP contribution in [0.1, 0.15) is 76.0 Å². The summed E-state index contributed by atoms with van der Waals surface area (Å²) in [6.07, 6.45) is 0.975. The molecular formula is C30H34F3N5O4. The number of alkyl halides is 3. The first-order valence-corrected chi connectivity index (χ1v) is 14.0. The summed E-state index contributed by atoms with van der Waals surface area (Å²) in [6, 6.07) is 10.3. The van der Waals surface area contributed by atoms with Gasteiger partial charge in [-0.25, -0.2) is 9.78 Å². The second-order valence-corrected chi connectivity index (χ2v) is 11.4. The Bertz CT molecular complexity index is 1420. The molecule has 0 spiro atoms. The molecule has 9 nitrogen and oxygen atoms in total. The number of aromatic nitrogens is 3. The molecule has 2 aliphatic heterocycles. The van der Waals surface area contributed by atoms with Crippen LogP contribution in [0.25, 0.3) is 11.6 Å². The number of nitrogens with zero attached hydrogens (tertiary/aromatic N) is 4. The maximum atomic E-state index is 14.5. The predicted octanol–water partition coefficient (Wildman–Crippen LogP) is 7.46. The number of pyridine rings is 1. The van der Waals surface area contributed by atoms with Crippen LogP contribution in [0.2, 0.25) is 0 Å². The van der Waals surface area contributed by atoms with Crippen LogP contribution in [0.3, 0.4) is 0 Å². The number of ether oxygens (including phenoxy) is 2. The Morgan fingerprint density at radius 1 is 1.12 bits per heavy atom. The van der Waals surface area contributed by atoms with E-state index in [1.54, 1.807) is 25.7 Å². The maximum absolute atomic E-state index is 14.5. The highest BCUT2D eigenvalue weighted by atomic mass is 19.4. The second kappa shape index (κ2) is 12.1. The fourth-order valence-corrected chi connectivity index (χ4v) is 5.09. The Morgan fingerprint density at radius 2 is 1.90 bits per heavy atom. The summed E-state index contributed by atoms with van der Waals surface area (Å²) >= 11 is 0. The van der Waals surface area contributed by atoms with Crippen LogP contribution in [0.5, 0.6) is 0 Å². The molecule has 1 N–H and O–H groups in total. The summed E-state index contributed by atoms with van der Waals surface area (Å²) in [5.41, 5.74) is -1.21. The van der Waals surface area contributed by atoms with Crippen LogP contribution in [0.4, 0.5) is 29.5 Å². The zero-order chi connectivity index (χ0) is 29.9. The molecule has 0 aliphatic carbocycles. The van der Waals surface area contributed by atoms with Crippen LogP contribution >= 0.6 is 0 Å². The minimum atomic E-state index is -4.74. The molecule has 1 amide bonds. The van der Waals surface area contributed by atoms with Gasteiger partial charge in [-0.15, -0.1) is 10.2 Å². The van der Waals surface area contributed by atoms with Gasteiger partial charge in [0.15, 0.2) is 5.69 Å². The van der Waals surface area contributed by atoms with Gasteiger partial charge in [-0.3, -0.25) is 5.32 Å². The Labute approximate surface area is 242 Å². The number of amides is 1. The van der Waals surface area contributed by atoms with Crippen LogP contribution in [0.15, 0.2) is 53.0 Å². The number of rotatable bonds is 4. The molecule has 1 unspecified atom stereocenters. The summed E-state index contributed by atoms with van der Waals surface area (Å²) < 4.78 is 60.9. The summed E-state index contributed by atoms with van der Waals surface area (Å²) in [5, 5.41) is 10.8. The van der Waals surface area contributed by atoms with Gasteiger partial charge in [-0.1, -0.05) is 42.5 Å². The van der Waals surface area contributed by atoms with Crippen LogP contribution < -0.4 is 10.2 Å². The number of fused-ring (bicyclic) bond motifs is 7. The molecule has 5 rings (SSSR count). The van der Waals surface area contributed by atoms with Crippen LogP contribution in [-0.4, -0.2) is 39.5 Å². The standard InChI is InChI=1S/C30H34F3N5O4/c1-29(2,3)42-28(39)34-22-17-21(30(31,32)33)25-35-24(22)27-37-36-26(41-27)23(40-18-19-11-6-4-7-12-19)15-9-5-8-13-20-14-10-16-38(20)25/h4-8,11-12,17,20,23H,9-10,13-16,18H2,1-3H3,(H,34,39)/t20-,23?/m1/s1. The Hall–Kier alpha value is -3.93. The lowest BCUT2D eigenvalue weighted by atomic mass is 10.1. The van der Waals surface area contributed by atoms with Gasteiger partial charge < -0.3 is 18.8 Å². The largest absolute Gasteiger partial charge is 0.444 e. The predicted molar refractivity (Wildman–Crippen MR) is 150 cm³/mol. The van der Waals surface area contributed by atoms with E-state index in [1.807, 2.05) is 42.5 Å². The average Bonchev–Trinajstić information content (AvgIpc) is 3.59. The summed E-state index contributed by atoms with van der Waals surface area (Å²) in [7, 11) is 0. The number of anilines is 2. The third kappa shape index (κ3) is 7.10. The molecule has 0 saturated carbocycles. The van der Waals surface area contributed by atoms with Gasteiger partial charge >= 0.3 is 12.3 Å². The van der Waals surface area contributed by atoms with Crippen molar-refractivity contribution >= 4 is 17.6 Å². The number of hydrogen-bond acceptors (Lipinski definition) is 8. The quantitative estimate of drug-likeness (QED) is 0.315. The van der Waals surface area contributed by atoms with E-state index in [2.05, 4.69) is 20.5 Å². The minimum Gasteiger partial charge on any atom is -0.444 e. The summed E-state index contributed by atoms with van der Waals surface area (Å²) in [5.74, 6) is -0.212. The van der Waals surface area contributed by atoms with Crippen LogP contribution in [0, 0.1) is 0 Å². The van der Waals surface area contributed by atoms with Crippen molar-refractivity contribution < 1.29 is 31.9 Å². The first-order chi connectivity index (χ1) is 20.0. The molecule has 12 heteroatoms. The zero-order valence-corrected chi connectivity index (χ0v) is 23.8. The molecule has 4 heterocycles. The highest BCUT2D eigenvalue weighted by molar-refractivity contribution is 5.90. The number of halogens is 3. The highest BCUT2D eigenvalue weighted by Gasteiger charge is 2.40. The van der Waals surface area contributed by atoms with Gasteiger partial charge in [0.2, 0.25) is 5.89 Å². The van der Waals surface area contributed by atoms with E-state index in [1.165, 1.54) is 0 Å². The first kappa shape index (κ1) is 29.6. The topological polar surface area (TPSA) is 103 Å². The van der Waals surface area contributed by atoms with Crippen molar-refractivity contribution in [3.8, 4) is 11.6 Å². The van der Waals surface area contributed by atoms with E-state index in [4.69, 9.17) is 13.9 Å². The number of benzene rings is 1. The van der Waals surface area contributed by atoms with Gasteiger partial charge in [-0.05, 0) is 64.5 Å². The Morgan fingerprint density at radius 3 is 2.64 bits per heavy atom. The SMILES string of the molecule is CC(C)(C)OC(=O)Nc1cc(C(F)(F)F)c2nc1-c1nnc(o1)C(OCc1ccccc1)CCC=CC[C@@H]1CCCN21. The summed E-state index contributed by atoms with van der Waals surface area (Å²) in [6.45, 7) is 5.68. The van der Waals surface area contributed by atoms with Crippen molar-refractivity contribution in [3.63, 3.8) is 0 Å². The van der Waals surface area contributed by atoms with E-state index in [0.717, 1.165) is 24.5 Å². The Kier molecular flexibility index (Phi) is 8.53. The van der Waals surface area contributed by atoms with Crippen molar-refractivity contribution in [2.75, 3.05) is 16.8 Å². The maximum Gasteiger partial charge on any atom is 0.420 e. The van der Waals surface area contributed by atoms with Gasteiger partial charge in [0.05, 0.1) is 12.3 Å². The molecule has 2 aliphatic rings. The van der Waals surface area contributed by atoms with Gasteiger partial charge in [0, 0.05) is 12.6 Å². The fraction of sp³-hybridized carbons (Fsp3) is 0.467. The molecule has 1 aromatic carbocycles. The van der Waals surface area contributed by atoms with Gasteiger partial charge in [0.1, 0.15) is 23.1 Å². The van der Waals surface area contributed by atoms with E-state index in [9.17, 15) is 18.0 Å². The molecular weight excluding hydrogens is 551 g/mol. The van der Waals surface area contributed by atoms with Crippen molar-refractivity contribution in [1.29, 1.82) is 0 Å². The molecule has 224 valence electrons. The van der Waals surface area contributed by atoms with E-state index >= 15 is 0 Å². The number of carbonyl (C=O) groups excluding carboxylic acids is 1. The van der Waals surface area contributed by atoms with Crippen molar-refractivity contribution in [2.24, 2.45) is 0 Å². The first-order valence-electron chi connectivity index (χ1n) is 14.0. The molecule has 42 heavy (non-hydrogen) atoms. The Balaban J connectivity index is 1.59. The monoisotopic (exact) mass is 585 g/mol. The van der Waals surface area contributed by atoms with Crippen LogP contribution in [-0.2, 0) is 22.3 Å².